The molecule has 0 atom stereocenters. The fraction of sp³-hybridized carbons (Fsp3) is 0.433. The number of rotatable bonds is 9. The fourth-order valence-corrected chi connectivity index (χ4v) is 5.32. The SMILES string of the molecule is CC(C)(O)c1cc2nn(C3CCC(C=O)CC3)cc2cc1NC(=O)c1coc(-c2ccnc(NCC3CC3)c2)n1. The van der Waals surface area contributed by atoms with Gasteiger partial charge in [-0.2, -0.15) is 5.10 Å². The van der Waals surface area contributed by atoms with Crippen molar-refractivity contribution in [2.24, 2.45) is 11.8 Å². The van der Waals surface area contributed by atoms with E-state index in [0.717, 1.165) is 60.8 Å². The lowest BCUT2D eigenvalue weighted by Gasteiger charge is -2.25. The molecule has 3 heterocycles. The molecule has 0 radical (unpaired) electrons. The lowest BCUT2D eigenvalue weighted by atomic mass is 9.87. The highest BCUT2D eigenvalue weighted by atomic mass is 16.3. The number of hydrogen-bond donors (Lipinski definition) is 3. The molecule has 0 spiro atoms. The molecule has 2 fully saturated rings. The number of carbonyl (C=O) groups is 2. The average Bonchev–Trinajstić information content (AvgIpc) is 3.47. The Hall–Kier alpha value is -4.05. The Morgan fingerprint density at radius 1 is 1.18 bits per heavy atom. The molecule has 0 aliphatic heterocycles. The van der Waals surface area contributed by atoms with Crippen molar-refractivity contribution >= 4 is 34.6 Å². The zero-order valence-corrected chi connectivity index (χ0v) is 22.8. The van der Waals surface area contributed by atoms with Crippen LogP contribution in [0.15, 0.2) is 47.3 Å². The molecule has 6 rings (SSSR count). The summed E-state index contributed by atoms with van der Waals surface area (Å²) in [6.07, 6.45) is 12.0. The molecular weight excluding hydrogens is 508 g/mol. The summed E-state index contributed by atoms with van der Waals surface area (Å²) in [5.74, 6) is 1.47. The summed E-state index contributed by atoms with van der Waals surface area (Å²) in [5, 5.41) is 22.8. The number of aromatic nitrogens is 4. The number of pyridine rings is 1. The number of oxazole rings is 1. The van der Waals surface area contributed by atoms with Gasteiger partial charge in [0, 0.05) is 47.1 Å². The second kappa shape index (κ2) is 10.5. The van der Waals surface area contributed by atoms with Gasteiger partial charge in [0.25, 0.3) is 5.91 Å². The standard InChI is InChI=1S/C30H34N6O4/c1-30(2,39)23-13-24-21(15-36(35-24)22-7-5-19(16-37)6-8-22)11-25(23)33-28(38)26-17-40-29(34-26)20-9-10-31-27(12-20)32-14-18-3-4-18/h9-13,15-19,22,39H,3-8,14H2,1-2H3,(H,31,32)(H,33,38). The first kappa shape index (κ1) is 26.2. The zero-order chi connectivity index (χ0) is 27.9. The number of fused-ring (bicyclic) bond motifs is 1. The molecule has 40 heavy (non-hydrogen) atoms. The molecule has 2 saturated carbocycles. The summed E-state index contributed by atoms with van der Waals surface area (Å²) in [6, 6.07) is 7.53. The van der Waals surface area contributed by atoms with E-state index in [-0.39, 0.29) is 17.7 Å². The number of anilines is 2. The van der Waals surface area contributed by atoms with Gasteiger partial charge in [-0.05, 0) is 82.6 Å². The molecule has 0 unspecified atom stereocenters. The first-order valence-corrected chi connectivity index (χ1v) is 13.9. The molecule has 3 aromatic heterocycles. The average molecular weight is 543 g/mol. The molecule has 1 aromatic carbocycles. The number of hydrogen-bond acceptors (Lipinski definition) is 8. The van der Waals surface area contributed by atoms with Crippen molar-refractivity contribution in [3.05, 3.63) is 54.2 Å². The number of benzene rings is 1. The number of aliphatic hydroxyl groups is 1. The topological polar surface area (TPSA) is 135 Å². The highest BCUT2D eigenvalue weighted by molar-refractivity contribution is 6.04. The molecule has 2 aliphatic rings. The van der Waals surface area contributed by atoms with Crippen LogP contribution in [0.2, 0.25) is 0 Å². The van der Waals surface area contributed by atoms with Crippen LogP contribution < -0.4 is 10.6 Å². The van der Waals surface area contributed by atoms with Crippen LogP contribution in [0.3, 0.4) is 0 Å². The predicted molar refractivity (Wildman–Crippen MR) is 151 cm³/mol. The second-order valence-electron chi connectivity index (χ2n) is 11.6. The third-order valence-electron chi connectivity index (χ3n) is 7.89. The van der Waals surface area contributed by atoms with Gasteiger partial charge in [0.05, 0.1) is 17.2 Å². The fourth-order valence-electron chi connectivity index (χ4n) is 5.32. The van der Waals surface area contributed by atoms with Gasteiger partial charge in [0.1, 0.15) is 18.4 Å². The van der Waals surface area contributed by atoms with Crippen molar-refractivity contribution in [1.82, 2.24) is 19.7 Å². The van der Waals surface area contributed by atoms with E-state index >= 15 is 0 Å². The summed E-state index contributed by atoms with van der Waals surface area (Å²) in [6.45, 7) is 4.24. The maximum Gasteiger partial charge on any atom is 0.277 e. The summed E-state index contributed by atoms with van der Waals surface area (Å²) < 4.78 is 7.60. The smallest absolute Gasteiger partial charge is 0.277 e. The van der Waals surface area contributed by atoms with Gasteiger partial charge >= 0.3 is 0 Å². The van der Waals surface area contributed by atoms with Gasteiger partial charge in [-0.1, -0.05) is 0 Å². The first-order chi connectivity index (χ1) is 19.3. The van der Waals surface area contributed by atoms with Crippen molar-refractivity contribution in [2.45, 2.75) is 64.0 Å². The second-order valence-corrected chi connectivity index (χ2v) is 11.6. The Kier molecular flexibility index (Phi) is 6.87. The zero-order valence-electron chi connectivity index (χ0n) is 22.8. The molecule has 0 bridgehead atoms. The highest BCUT2D eigenvalue weighted by Gasteiger charge is 2.26. The van der Waals surface area contributed by atoms with Crippen LogP contribution in [0.1, 0.15) is 74.5 Å². The largest absolute Gasteiger partial charge is 0.444 e. The number of nitrogens with zero attached hydrogens (tertiary/aromatic N) is 4. The third kappa shape index (κ3) is 5.62. The maximum atomic E-state index is 13.2. The van der Waals surface area contributed by atoms with E-state index in [1.165, 1.54) is 19.1 Å². The lowest BCUT2D eigenvalue weighted by Crippen LogP contribution is -2.21. The molecule has 4 aromatic rings. The Bertz CT molecular complexity index is 1540. The Morgan fingerprint density at radius 3 is 2.70 bits per heavy atom. The minimum Gasteiger partial charge on any atom is -0.444 e. The van der Waals surface area contributed by atoms with E-state index in [1.807, 2.05) is 29.1 Å². The number of nitrogens with one attached hydrogen (secondary N) is 2. The molecule has 3 N–H and O–H groups in total. The van der Waals surface area contributed by atoms with Gasteiger partial charge < -0.3 is 25.0 Å². The Balaban J connectivity index is 1.22. The van der Waals surface area contributed by atoms with Crippen LogP contribution in [-0.4, -0.2) is 43.6 Å². The number of carbonyl (C=O) groups excluding carboxylic acids is 2. The monoisotopic (exact) mass is 542 g/mol. The van der Waals surface area contributed by atoms with Crippen LogP contribution in [0.4, 0.5) is 11.5 Å². The van der Waals surface area contributed by atoms with Gasteiger partial charge in [-0.3, -0.25) is 9.48 Å². The number of amides is 1. The van der Waals surface area contributed by atoms with E-state index in [2.05, 4.69) is 20.6 Å². The summed E-state index contributed by atoms with van der Waals surface area (Å²) >= 11 is 0. The quantitative estimate of drug-likeness (QED) is 0.242. The molecule has 208 valence electrons. The van der Waals surface area contributed by atoms with Crippen molar-refractivity contribution < 1.29 is 19.1 Å². The van der Waals surface area contributed by atoms with Crippen molar-refractivity contribution in [3.63, 3.8) is 0 Å². The first-order valence-electron chi connectivity index (χ1n) is 13.9. The molecular formula is C30H34N6O4. The van der Waals surface area contributed by atoms with Gasteiger partial charge in [-0.25, -0.2) is 9.97 Å². The van der Waals surface area contributed by atoms with E-state index in [0.29, 0.717) is 23.1 Å². The van der Waals surface area contributed by atoms with Gasteiger partial charge in [-0.15, -0.1) is 0 Å². The summed E-state index contributed by atoms with van der Waals surface area (Å²) in [7, 11) is 0. The summed E-state index contributed by atoms with van der Waals surface area (Å²) in [5.41, 5.74) is 1.39. The summed E-state index contributed by atoms with van der Waals surface area (Å²) in [4.78, 5) is 33.2. The highest BCUT2D eigenvalue weighted by Crippen LogP contribution is 2.35. The van der Waals surface area contributed by atoms with E-state index in [4.69, 9.17) is 9.52 Å². The Morgan fingerprint density at radius 2 is 1.98 bits per heavy atom. The van der Waals surface area contributed by atoms with Crippen molar-refractivity contribution in [1.29, 1.82) is 0 Å². The van der Waals surface area contributed by atoms with Crippen LogP contribution in [-0.2, 0) is 10.4 Å². The van der Waals surface area contributed by atoms with Crippen molar-refractivity contribution in [2.75, 3.05) is 17.2 Å². The minimum atomic E-state index is -1.22. The van der Waals surface area contributed by atoms with Gasteiger partial charge in [0.15, 0.2) is 5.69 Å². The van der Waals surface area contributed by atoms with Crippen LogP contribution in [0.25, 0.3) is 22.4 Å². The van der Waals surface area contributed by atoms with Crippen LogP contribution >= 0.6 is 0 Å². The number of aldehydes is 1. The maximum absolute atomic E-state index is 13.2. The Labute approximate surface area is 232 Å². The predicted octanol–water partition coefficient (Wildman–Crippen LogP) is 5.32. The lowest BCUT2D eigenvalue weighted by molar-refractivity contribution is -0.112. The van der Waals surface area contributed by atoms with Crippen molar-refractivity contribution in [3.8, 4) is 11.5 Å². The third-order valence-corrected chi connectivity index (χ3v) is 7.89. The molecule has 10 heteroatoms. The molecule has 2 aliphatic carbocycles. The van der Waals surface area contributed by atoms with E-state index in [1.54, 1.807) is 26.1 Å². The van der Waals surface area contributed by atoms with E-state index in [9.17, 15) is 14.7 Å². The molecule has 10 nitrogen and oxygen atoms in total. The van der Waals surface area contributed by atoms with E-state index < -0.39 is 11.5 Å². The van der Waals surface area contributed by atoms with Crippen LogP contribution in [0.5, 0.6) is 0 Å². The molecule has 0 saturated heterocycles. The normalized spacial score (nSPS) is 19.5. The molecule has 1 amide bonds. The van der Waals surface area contributed by atoms with Crippen LogP contribution in [0, 0.1) is 11.8 Å². The van der Waals surface area contributed by atoms with Gasteiger partial charge in [0.2, 0.25) is 5.89 Å². The minimum absolute atomic E-state index is 0.128.